The van der Waals surface area contributed by atoms with Crippen LogP contribution >= 0.6 is 31.1 Å². The van der Waals surface area contributed by atoms with Gasteiger partial charge in [0, 0.05) is 78.1 Å². The summed E-state index contributed by atoms with van der Waals surface area (Å²) in [5.41, 5.74) is -0.322. The van der Waals surface area contributed by atoms with Gasteiger partial charge in [-0.2, -0.15) is 5.26 Å². The van der Waals surface area contributed by atoms with Crippen LogP contribution in [0.2, 0.25) is 0 Å². The van der Waals surface area contributed by atoms with Crippen LogP contribution in [0.3, 0.4) is 0 Å². The molecule has 1 N–H and O–H groups in total. The lowest BCUT2D eigenvalue weighted by molar-refractivity contribution is -0.149. The van der Waals surface area contributed by atoms with Gasteiger partial charge in [-0.25, -0.2) is 13.2 Å². The smallest absolute Gasteiger partial charge is 0.351 e. The van der Waals surface area contributed by atoms with Gasteiger partial charge in [-0.3, -0.25) is 38.0 Å². The van der Waals surface area contributed by atoms with Crippen molar-refractivity contribution in [3.63, 3.8) is 0 Å². The first kappa shape index (κ1) is 52.6. The Labute approximate surface area is 410 Å². The Bertz CT molecular complexity index is 2510. The van der Waals surface area contributed by atoms with Gasteiger partial charge in [0.15, 0.2) is 10.2 Å². The third-order valence-corrected chi connectivity index (χ3v) is 18.3. The number of hydrogen-bond acceptors (Lipinski definition) is 12. The lowest BCUT2D eigenvalue weighted by Gasteiger charge is -2.48. The first-order chi connectivity index (χ1) is 32.5. The van der Waals surface area contributed by atoms with Crippen LogP contribution in [0.4, 0.5) is 13.2 Å². The zero-order chi connectivity index (χ0) is 50.1. The average Bonchev–Trinajstić information content (AvgIpc) is 3.95. The van der Waals surface area contributed by atoms with Crippen molar-refractivity contribution in [1.29, 1.82) is 5.26 Å². The summed E-state index contributed by atoms with van der Waals surface area (Å²) in [5, 5.41) is 10.8. The van der Waals surface area contributed by atoms with Crippen molar-refractivity contribution in [2.75, 3.05) is 57.4 Å². The van der Waals surface area contributed by atoms with E-state index in [1.54, 1.807) is 69.5 Å². The number of nitrogens with one attached hydrogen (secondary N) is 1. The van der Waals surface area contributed by atoms with Crippen molar-refractivity contribution < 1.29 is 50.8 Å². The number of nitriles is 1. The molecule has 69 heavy (non-hydrogen) atoms. The molecule has 4 saturated heterocycles. The Kier molecular flexibility index (Phi) is 16.2. The molecule has 3 aromatic carbocycles. The summed E-state index contributed by atoms with van der Waals surface area (Å²) < 4.78 is 70.9. The molecule has 4 heterocycles. The van der Waals surface area contributed by atoms with Crippen LogP contribution in [-0.2, 0) is 38.2 Å². The monoisotopic (exact) mass is 1010 g/mol. The third-order valence-electron chi connectivity index (χ3n) is 13.3. The number of carbonyl (C=O) groups excluding carboxylic acids is 5. The van der Waals surface area contributed by atoms with Crippen molar-refractivity contribution in [3.05, 3.63) is 83.4 Å². The van der Waals surface area contributed by atoms with E-state index in [2.05, 4.69) is 11.4 Å². The number of rotatable bonds is 14. The lowest BCUT2D eigenvalue weighted by Crippen LogP contribution is -2.56. The fourth-order valence-electron chi connectivity index (χ4n) is 9.49. The molecular weight excluding hydrogens is 951 g/mol. The Morgan fingerprint density at radius 1 is 0.928 bits per heavy atom. The van der Waals surface area contributed by atoms with E-state index in [0.717, 1.165) is 29.1 Å². The highest BCUT2D eigenvalue weighted by Gasteiger charge is 2.70. The largest absolute Gasteiger partial charge is 0.375 e. The van der Waals surface area contributed by atoms with Crippen LogP contribution in [0.25, 0.3) is 10.8 Å². The van der Waals surface area contributed by atoms with Crippen LogP contribution in [0.15, 0.2) is 66.7 Å². The Morgan fingerprint density at radius 2 is 1.62 bits per heavy atom. The van der Waals surface area contributed by atoms with Crippen molar-refractivity contribution in [2.24, 2.45) is 22.7 Å². The maximum atomic E-state index is 17.7. The summed E-state index contributed by atoms with van der Waals surface area (Å²) in [6.07, 6.45) is -2.72. The van der Waals surface area contributed by atoms with Gasteiger partial charge in [-0.15, -0.1) is 0 Å². The van der Waals surface area contributed by atoms with E-state index in [4.69, 9.17) is 9.05 Å². The average molecular weight is 1010 g/mol. The molecule has 4 aliphatic rings. The van der Waals surface area contributed by atoms with E-state index in [1.165, 1.54) is 23.1 Å². The van der Waals surface area contributed by atoms with Gasteiger partial charge >= 0.3 is 7.60 Å². The second-order valence-corrected chi connectivity index (χ2v) is 24.6. The molecule has 0 aromatic heterocycles. The first-order valence-corrected chi connectivity index (χ1v) is 26.9. The maximum Gasteiger partial charge on any atom is 0.375 e. The molecule has 19 heteroatoms. The van der Waals surface area contributed by atoms with Crippen molar-refractivity contribution >= 4 is 69.8 Å². The number of hydrogen-bond donors (Lipinski definition) is 1. The molecule has 372 valence electrons. The number of likely N-dealkylation sites (tertiary alicyclic amines) is 1. The number of carbonyl (C=O) groups is 5. The van der Waals surface area contributed by atoms with Gasteiger partial charge in [0.1, 0.15) is 12.1 Å². The normalized spacial score (nSPS) is 27.6. The highest BCUT2D eigenvalue weighted by Crippen LogP contribution is 2.77. The van der Waals surface area contributed by atoms with Gasteiger partial charge < -0.3 is 19.6 Å². The standard InChI is InChI=1S/C50H61F3N5O8PS2/c1-48(2,3)46(62)68-21-20-65-67(64)50(53,41(66-67)30-69-47(63)49(4,5)6)37-15-14-31-12-13-33(22-34(31)23-37)43(59)55-25-36-26-56(29-42(51)52)19-18-38-16-17-40(58(38)44(36)60)45(61)57-27-35(24-54)39(28-57)32-10-8-7-9-11-32/h7-15,22-23,35-36,38-42H,16-21,25-30H2,1-6H3,(H,55,59)/t35-,36?,38+,39+,40-,41?,50?,67?/m0/s1. The second kappa shape index (κ2) is 21.2. The predicted molar refractivity (Wildman–Crippen MR) is 260 cm³/mol. The van der Waals surface area contributed by atoms with E-state index >= 15 is 4.39 Å². The third kappa shape index (κ3) is 11.4. The molecular formula is C50H61F3N5O8PS2. The minimum atomic E-state index is -4.52. The zero-order valence-electron chi connectivity index (χ0n) is 39.8. The summed E-state index contributed by atoms with van der Waals surface area (Å²) >= 11 is 1.84. The minimum Gasteiger partial charge on any atom is -0.351 e. The first-order valence-electron chi connectivity index (χ1n) is 23.4. The van der Waals surface area contributed by atoms with Gasteiger partial charge in [-0.05, 0) is 53.8 Å². The van der Waals surface area contributed by atoms with Crippen molar-refractivity contribution in [1.82, 2.24) is 20.0 Å². The highest BCUT2D eigenvalue weighted by molar-refractivity contribution is 8.14. The molecule has 3 amide bonds. The number of alkyl halides is 3. The summed E-state index contributed by atoms with van der Waals surface area (Å²) in [6, 6.07) is 20.0. The zero-order valence-corrected chi connectivity index (χ0v) is 42.4. The van der Waals surface area contributed by atoms with Crippen LogP contribution < -0.4 is 5.32 Å². The van der Waals surface area contributed by atoms with Gasteiger partial charge in [0.05, 0.1) is 31.1 Å². The van der Waals surface area contributed by atoms with Crippen molar-refractivity contribution in [2.45, 2.75) is 96.7 Å². The number of thioether (sulfide) groups is 2. The molecule has 0 radical (unpaired) electrons. The second-order valence-electron chi connectivity index (χ2n) is 20.4. The molecule has 4 fully saturated rings. The number of nitrogens with zero attached hydrogens (tertiary/aromatic N) is 4. The SMILES string of the molecule is CC(C)(C)C(=O)SCCOP1(=O)OC(CSC(=O)C(C)(C)C)C1(F)c1ccc2ccc(C(=O)NCC3CN(CC(F)F)CC[C@H]4CC[C@@H](C(=O)N5C[C@H](c6ccccc6)[C@@H](C#N)C5)N4C3=O)cc2c1. The highest BCUT2D eigenvalue weighted by atomic mass is 32.2. The molecule has 0 saturated carbocycles. The maximum absolute atomic E-state index is 17.7. The quantitative estimate of drug-likeness (QED) is 0.121. The van der Waals surface area contributed by atoms with Crippen LogP contribution in [0.5, 0.6) is 0 Å². The number of halogens is 3. The summed E-state index contributed by atoms with van der Waals surface area (Å²) in [4.78, 5) is 73.0. The van der Waals surface area contributed by atoms with E-state index in [0.29, 0.717) is 36.6 Å². The van der Waals surface area contributed by atoms with Crippen LogP contribution in [0, 0.1) is 34.0 Å². The summed E-state index contributed by atoms with van der Waals surface area (Å²) in [6.45, 7) is 10.2. The van der Waals surface area contributed by atoms with Crippen LogP contribution in [-0.4, -0.2) is 125 Å². The van der Waals surface area contributed by atoms with Gasteiger partial charge in [0.25, 0.3) is 17.7 Å². The van der Waals surface area contributed by atoms with Crippen molar-refractivity contribution in [3.8, 4) is 6.07 Å². The molecule has 0 aliphatic carbocycles. The van der Waals surface area contributed by atoms with E-state index in [1.807, 2.05) is 30.3 Å². The topological polar surface area (TPSA) is 166 Å². The fourth-order valence-corrected chi connectivity index (χ4v) is 13.7. The molecule has 8 atom stereocenters. The van der Waals surface area contributed by atoms with Crippen LogP contribution in [0.1, 0.15) is 88.2 Å². The molecule has 4 aliphatic heterocycles. The van der Waals surface area contributed by atoms with E-state index in [-0.39, 0.29) is 83.5 Å². The molecule has 13 nitrogen and oxygen atoms in total. The summed E-state index contributed by atoms with van der Waals surface area (Å²) in [5.74, 6) is -2.93. The molecule has 3 aromatic rings. The number of benzene rings is 3. The number of amides is 3. The predicted octanol–water partition coefficient (Wildman–Crippen LogP) is 8.62. The molecule has 0 bridgehead atoms. The summed E-state index contributed by atoms with van der Waals surface area (Å²) in [7, 11) is -4.52. The lowest BCUT2D eigenvalue weighted by atomic mass is 9.90. The Balaban J connectivity index is 1.09. The van der Waals surface area contributed by atoms with Gasteiger partial charge in [-0.1, -0.05) is 114 Å². The van der Waals surface area contributed by atoms with E-state index < -0.39 is 72.6 Å². The fraction of sp³-hybridized carbons (Fsp3) is 0.560. The Hall–Kier alpha value is -4.24. The molecule has 7 rings (SSSR count). The number of fused-ring (bicyclic) bond motifs is 2. The minimum absolute atomic E-state index is 0.0504. The molecule has 0 spiro atoms. The Morgan fingerprint density at radius 3 is 2.30 bits per heavy atom. The van der Waals surface area contributed by atoms with Gasteiger partial charge in [0.2, 0.25) is 11.8 Å². The van der Waals surface area contributed by atoms with E-state index in [9.17, 15) is 42.6 Å². The molecule has 4 unspecified atom stereocenters.